The lowest BCUT2D eigenvalue weighted by Gasteiger charge is -2.30. The minimum Gasteiger partial charge on any atom is -0.252 e. The standard InChI is InChI=1S/C72H43N3/c1-2-19-44(20-3-1)66-41-47(51-32-18-36-65-69(51)60-31-14-17-35-64(60)72(65)62-33-15-12-27-56(62)57-28-13-16-34-63(57)72)42-67(74-66)48-37-46(61-40-45-21-4-5-22-50(45)52-23-6-7-26-55(52)61)38-49(39-48)68-43-73-70-58-29-10-8-24-53(58)54-25-9-11-30-59(54)71(70)75-68/h1-43H. The Morgan fingerprint density at radius 3 is 1.41 bits per heavy atom. The number of hydrogen-bond donors (Lipinski definition) is 0. The van der Waals surface area contributed by atoms with Crippen molar-refractivity contribution in [3.63, 3.8) is 0 Å². The molecular formula is C72H43N3. The van der Waals surface area contributed by atoms with Crippen LogP contribution in [0.5, 0.6) is 0 Å². The Bertz CT molecular complexity index is 4640. The Kier molecular flexibility index (Phi) is 8.96. The van der Waals surface area contributed by atoms with Gasteiger partial charge in [0.25, 0.3) is 0 Å². The maximum Gasteiger partial charge on any atom is 0.0979 e. The average Bonchev–Trinajstić information content (AvgIpc) is 4.13. The molecule has 75 heavy (non-hydrogen) atoms. The molecule has 12 aromatic carbocycles. The molecule has 0 saturated heterocycles. The summed E-state index contributed by atoms with van der Waals surface area (Å²) in [5.41, 5.74) is 21.8. The molecule has 2 aromatic heterocycles. The highest BCUT2D eigenvalue weighted by molar-refractivity contribution is 6.23. The third-order valence-electron chi connectivity index (χ3n) is 16.3. The van der Waals surface area contributed by atoms with Crippen LogP contribution >= 0.6 is 0 Å². The minimum atomic E-state index is -0.461. The Morgan fingerprint density at radius 1 is 0.253 bits per heavy atom. The highest BCUT2D eigenvalue weighted by Crippen LogP contribution is 2.64. The smallest absolute Gasteiger partial charge is 0.0979 e. The molecule has 0 unspecified atom stereocenters. The molecule has 3 nitrogen and oxygen atoms in total. The van der Waals surface area contributed by atoms with E-state index < -0.39 is 5.41 Å². The maximum absolute atomic E-state index is 5.64. The van der Waals surface area contributed by atoms with Gasteiger partial charge in [-0.15, -0.1) is 0 Å². The van der Waals surface area contributed by atoms with Crippen molar-refractivity contribution in [1.29, 1.82) is 0 Å². The van der Waals surface area contributed by atoms with Crippen molar-refractivity contribution >= 4 is 54.1 Å². The van der Waals surface area contributed by atoms with Gasteiger partial charge in [-0.05, 0) is 135 Å². The molecule has 16 rings (SSSR count). The van der Waals surface area contributed by atoms with Crippen molar-refractivity contribution in [1.82, 2.24) is 15.0 Å². The van der Waals surface area contributed by atoms with E-state index in [0.29, 0.717) is 0 Å². The summed E-state index contributed by atoms with van der Waals surface area (Å²) in [7, 11) is 0. The van der Waals surface area contributed by atoms with Gasteiger partial charge in [-0.3, -0.25) is 4.98 Å². The molecule has 2 aliphatic carbocycles. The monoisotopic (exact) mass is 949 g/mol. The molecule has 0 aliphatic heterocycles. The van der Waals surface area contributed by atoms with Crippen LogP contribution in [0, 0.1) is 0 Å². The molecule has 0 bridgehead atoms. The SMILES string of the molecule is c1ccc(-c2cc(-c3cccc4c3-c3ccccc3C43c4ccccc4-c4ccccc43)cc(-c3cc(-c4cnc5c6ccccc6c6ccccc6c5n4)cc(-c4cc5ccccc5c5ccccc45)c3)n2)cc1. The zero-order valence-corrected chi connectivity index (χ0v) is 40.7. The highest BCUT2D eigenvalue weighted by Gasteiger charge is 2.52. The summed E-state index contributed by atoms with van der Waals surface area (Å²) in [6, 6.07) is 93.3. The van der Waals surface area contributed by atoms with E-state index in [4.69, 9.17) is 15.0 Å². The molecule has 0 N–H and O–H groups in total. The summed E-state index contributed by atoms with van der Waals surface area (Å²) in [5.74, 6) is 0. The minimum absolute atomic E-state index is 0.461. The van der Waals surface area contributed by atoms with E-state index in [2.05, 4.69) is 255 Å². The van der Waals surface area contributed by atoms with Crippen LogP contribution < -0.4 is 0 Å². The molecule has 0 fully saturated rings. The van der Waals surface area contributed by atoms with Crippen LogP contribution in [0.3, 0.4) is 0 Å². The highest BCUT2D eigenvalue weighted by atomic mass is 14.8. The van der Waals surface area contributed by atoms with Gasteiger partial charge in [0.1, 0.15) is 0 Å². The first-order valence-corrected chi connectivity index (χ1v) is 25.8. The van der Waals surface area contributed by atoms with Crippen molar-refractivity contribution in [2.75, 3.05) is 0 Å². The Labute approximate surface area is 433 Å². The van der Waals surface area contributed by atoms with E-state index >= 15 is 0 Å². The lowest BCUT2D eigenvalue weighted by Crippen LogP contribution is -2.25. The number of hydrogen-bond acceptors (Lipinski definition) is 3. The van der Waals surface area contributed by atoms with E-state index in [1.54, 1.807) is 0 Å². The number of nitrogens with zero attached hydrogens (tertiary/aromatic N) is 3. The lowest BCUT2D eigenvalue weighted by molar-refractivity contribution is 0.794. The summed E-state index contributed by atoms with van der Waals surface area (Å²) >= 11 is 0. The van der Waals surface area contributed by atoms with Gasteiger partial charge in [0.15, 0.2) is 0 Å². The maximum atomic E-state index is 5.64. The van der Waals surface area contributed by atoms with Crippen molar-refractivity contribution in [3.05, 3.63) is 283 Å². The molecule has 1 spiro atoms. The number of rotatable bonds is 5. The van der Waals surface area contributed by atoms with E-state index in [9.17, 15) is 0 Å². The molecule has 346 valence electrons. The fraction of sp³-hybridized carbons (Fsp3) is 0.0139. The van der Waals surface area contributed by atoms with Crippen LogP contribution in [-0.2, 0) is 5.41 Å². The van der Waals surface area contributed by atoms with E-state index in [1.807, 2.05) is 6.20 Å². The first kappa shape index (κ1) is 41.8. The summed E-state index contributed by atoms with van der Waals surface area (Å²) in [5, 5.41) is 9.36. The van der Waals surface area contributed by atoms with Gasteiger partial charge in [0, 0.05) is 27.5 Å². The Hall–Kier alpha value is -9.83. The number of aromatic nitrogens is 3. The van der Waals surface area contributed by atoms with Crippen molar-refractivity contribution in [2.45, 2.75) is 5.41 Å². The summed E-state index contributed by atoms with van der Waals surface area (Å²) < 4.78 is 0. The summed E-state index contributed by atoms with van der Waals surface area (Å²) in [6.07, 6.45) is 1.96. The van der Waals surface area contributed by atoms with Gasteiger partial charge in [-0.2, -0.15) is 0 Å². The van der Waals surface area contributed by atoms with Crippen molar-refractivity contribution in [2.24, 2.45) is 0 Å². The topological polar surface area (TPSA) is 38.7 Å². The number of pyridine rings is 1. The number of benzene rings is 12. The molecule has 0 saturated carbocycles. The van der Waals surface area contributed by atoms with E-state index in [1.165, 1.54) is 82.4 Å². The molecule has 2 aliphatic rings. The van der Waals surface area contributed by atoms with Gasteiger partial charge >= 0.3 is 0 Å². The molecular weight excluding hydrogens is 907 g/mol. The van der Waals surface area contributed by atoms with Crippen molar-refractivity contribution < 1.29 is 0 Å². The summed E-state index contributed by atoms with van der Waals surface area (Å²) in [6.45, 7) is 0. The first-order valence-electron chi connectivity index (χ1n) is 25.8. The quantitative estimate of drug-likeness (QED) is 0.161. The van der Waals surface area contributed by atoms with Crippen LogP contribution in [-0.4, -0.2) is 15.0 Å². The van der Waals surface area contributed by atoms with Crippen LogP contribution in [0.2, 0.25) is 0 Å². The van der Waals surface area contributed by atoms with Gasteiger partial charge < -0.3 is 0 Å². The fourth-order valence-electron chi connectivity index (χ4n) is 13.1. The molecule has 0 atom stereocenters. The second kappa shape index (κ2) is 16.1. The van der Waals surface area contributed by atoms with Crippen LogP contribution in [0.25, 0.3) is 132 Å². The average molecular weight is 950 g/mol. The lowest BCUT2D eigenvalue weighted by atomic mass is 9.70. The van der Waals surface area contributed by atoms with Crippen LogP contribution in [0.4, 0.5) is 0 Å². The zero-order valence-electron chi connectivity index (χ0n) is 40.7. The van der Waals surface area contributed by atoms with Crippen molar-refractivity contribution in [3.8, 4) is 78.3 Å². The zero-order chi connectivity index (χ0) is 49.2. The van der Waals surface area contributed by atoms with Gasteiger partial charge in [-0.1, -0.05) is 218 Å². The molecule has 3 heteroatoms. The second-order valence-electron chi connectivity index (χ2n) is 20.1. The first-order chi connectivity index (χ1) is 37.2. The van der Waals surface area contributed by atoms with Gasteiger partial charge in [0.05, 0.1) is 39.7 Å². The van der Waals surface area contributed by atoms with Crippen LogP contribution in [0.1, 0.15) is 22.3 Å². The second-order valence-corrected chi connectivity index (χ2v) is 20.1. The van der Waals surface area contributed by atoms with E-state index in [0.717, 1.165) is 72.3 Å². The largest absolute Gasteiger partial charge is 0.252 e. The molecule has 0 amide bonds. The third-order valence-corrected chi connectivity index (χ3v) is 16.3. The summed E-state index contributed by atoms with van der Waals surface area (Å²) in [4.78, 5) is 16.5. The molecule has 0 radical (unpaired) electrons. The predicted molar refractivity (Wildman–Crippen MR) is 311 cm³/mol. The Morgan fingerprint density at radius 2 is 0.720 bits per heavy atom. The third kappa shape index (κ3) is 6.07. The van der Waals surface area contributed by atoms with Gasteiger partial charge in [0.2, 0.25) is 0 Å². The predicted octanol–water partition coefficient (Wildman–Crippen LogP) is 18.3. The number of fused-ring (bicyclic) bond motifs is 19. The Balaban J connectivity index is 0.969. The van der Waals surface area contributed by atoms with Gasteiger partial charge in [-0.25, -0.2) is 9.97 Å². The van der Waals surface area contributed by atoms with Crippen LogP contribution in [0.15, 0.2) is 261 Å². The normalized spacial score (nSPS) is 12.9. The molecule has 14 aromatic rings. The molecule has 2 heterocycles. The van der Waals surface area contributed by atoms with E-state index in [-0.39, 0.29) is 0 Å². The fourth-order valence-corrected chi connectivity index (χ4v) is 13.1.